The Morgan fingerprint density at radius 3 is 2.82 bits per heavy atom. The number of benzene rings is 1. The standard InChI is InChI=1S/C17H20N4O/c1-12-4-5-13(2)16(8-12)17-14(9-18-19-17)10-21(3)11-15-6-7-22-20-15/h4-9H,10-11H2,1-3H3,(H,18,19). The van der Waals surface area contributed by atoms with Gasteiger partial charge in [0.05, 0.1) is 17.6 Å². The highest BCUT2D eigenvalue weighted by Crippen LogP contribution is 2.26. The predicted octanol–water partition coefficient (Wildman–Crippen LogP) is 3.31. The first-order valence-corrected chi connectivity index (χ1v) is 7.31. The zero-order valence-corrected chi connectivity index (χ0v) is 13.1. The van der Waals surface area contributed by atoms with Gasteiger partial charge >= 0.3 is 0 Å². The molecule has 0 aliphatic carbocycles. The number of aromatic nitrogens is 3. The van der Waals surface area contributed by atoms with Crippen molar-refractivity contribution in [3.8, 4) is 11.3 Å². The van der Waals surface area contributed by atoms with Gasteiger partial charge in [0.2, 0.25) is 0 Å². The molecule has 2 aromatic heterocycles. The summed E-state index contributed by atoms with van der Waals surface area (Å²) in [4.78, 5) is 2.19. The maximum Gasteiger partial charge on any atom is 0.124 e. The SMILES string of the molecule is Cc1ccc(C)c(-c2[nH]ncc2CN(C)Cc2ccon2)c1. The smallest absolute Gasteiger partial charge is 0.124 e. The molecule has 0 unspecified atom stereocenters. The van der Waals surface area contributed by atoms with Gasteiger partial charge in [0.1, 0.15) is 6.26 Å². The molecule has 114 valence electrons. The monoisotopic (exact) mass is 296 g/mol. The lowest BCUT2D eigenvalue weighted by Crippen LogP contribution is -2.17. The van der Waals surface area contributed by atoms with Gasteiger partial charge in [0.25, 0.3) is 0 Å². The van der Waals surface area contributed by atoms with E-state index in [2.05, 4.69) is 59.3 Å². The normalized spacial score (nSPS) is 11.3. The van der Waals surface area contributed by atoms with Crippen molar-refractivity contribution in [3.63, 3.8) is 0 Å². The minimum Gasteiger partial charge on any atom is -0.364 e. The van der Waals surface area contributed by atoms with Crippen LogP contribution in [0.2, 0.25) is 0 Å². The van der Waals surface area contributed by atoms with Crippen LogP contribution in [0.1, 0.15) is 22.4 Å². The molecular formula is C17H20N4O. The molecule has 22 heavy (non-hydrogen) atoms. The first kappa shape index (κ1) is 14.5. The van der Waals surface area contributed by atoms with Crippen LogP contribution in [0.15, 0.2) is 41.2 Å². The number of aryl methyl sites for hydroxylation is 2. The molecule has 3 rings (SSSR count). The molecule has 0 aliphatic rings. The summed E-state index contributed by atoms with van der Waals surface area (Å²) in [5, 5.41) is 11.3. The largest absolute Gasteiger partial charge is 0.364 e. The third-order valence-corrected chi connectivity index (χ3v) is 3.74. The highest BCUT2D eigenvalue weighted by molar-refractivity contribution is 5.67. The fourth-order valence-electron chi connectivity index (χ4n) is 2.61. The zero-order chi connectivity index (χ0) is 15.5. The molecule has 0 fully saturated rings. The van der Waals surface area contributed by atoms with Crippen molar-refractivity contribution >= 4 is 0 Å². The van der Waals surface area contributed by atoms with E-state index >= 15 is 0 Å². The molecule has 5 heteroatoms. The topological polar surface area (TPSA) is 58.0 Å². The second-order valence-corrected chi connectivity index (χ2v) is 5.75. The van der Waals surface area contributed by atoms with Crippen LogP contribution >= 0.6 is 0 Å². The van der Waals surface area contributed by atoms with E-state index in [0.29, 0.717) is 0 Å². The summed E-state index contributed by atoms with van der Waals surface area (Å²) < 4.78 is 4.88. The van der Waals surface area contributed by atoms with Crippen molar-refractivity contribution in [2.24, 2.45) is 0 Å². The van der Waals surface area contributed by atoms with Gasteiger partial charge in [0, 0.05) is 30.3 Å². The summed E-state index contributed by atoms with van der Waals surface area (Å²) in [6, 6.07) is 8.36. The van der Waals surface area contributed by atoms with Crippen LogP contribution < -0.4 is 0 Å². The Kier molecular flexibility index (Phi) is 4.06. The van der Waals surface area contributed by atoms with Crippen molar-refractivity contribution in [1.82, 2.24) is 20.3 Å². The van der Waals surface area contributed by atoms with Crippen molar-refractivity contribution in [3.05, 3.63) is 59.1 Å². The molecule has 0 bridgehead atoms. The number of hydrogen-bond acceptors (Lipinski definition) is 4. The molecule has 0 radical (unpaired) electrons. The van der Waals surface area contributed by atoms with Crippen LogP contribution in [-0.2, 0) is 13.1 Å². The number of aromatic amines is 1. The van der Waals surface area contributed by atoms with Crippen LogP contribution in [0.3, 0.4) is 0 Å². The van der Waals surface area contributed by atoms with E-state index in [1.165, 1.54) is 22.3 Å². The summed E-state index contributed by atoms with van der Waals surface area (Å²) in [5.41, 5.74) is 6.90. The lowest BCUT2D eigenvalue weighted by atomic mass is 10.0. The van der Waals surface area contributed by atoms with Gasteiger partial charge in [0.15, 0.2) is 0 Å². The summed E-state index contributed by atoms with van der Waals surface area (Å²) >= 11 is 0. The van der Waals surface area contributed by atoms with Gasteiger partial charge in [-0.3, -0.25) is 10.00 Å². The number of hydrogen-bond donors (Lipinski definition) is 1. The highest BCUT2D eigenvalue weighted by atomic mass is 16.5. The van der Waals surface area contributed by atoms with E-state index in [4.69, 9.17) is 4.52 Å². The minimum absolute atomic E-state index is 0.744. The Labute approximate surface area is 129 Å². The minimum atomic E-state index is 0.744. The molecule has 5 nitrogen and oxygen atoms in total. The third kappa shape index (κ3) is 3.09. The maximum absolute atomic E-state index is 4.88. The van der Waals surface area contributed by atoms with Crippen LogP contribution in [0.4, 0.5) is 0 Å². The zero-order valence-electron chi connectivity index (χ0n) is 13.1. The molecule has 0 aliphatic heterocycles. The lowest BCUT2D eigenvalue weighted by Gasteiger charge is -2.15. The Bertz CT molecular complexity index is 746. The van der Waals surface area contributed by atoms with E-state index in [-0.39, 0.29) is 0 Å². The van der Waals surface area contributed by atoms with Gasteiger partial charge in [-0.25, -0.2) is 0 Å². The average molecular weight is 296 g/mol. The molecule has 1 aromatic carbocycles. The van der Waals surface area contributed by atoms with E-state index < -0.39 is 0 Å². The van der Waals surface area contributed by atoms with Gasteiger partial charge in [-0.05, 0) is 32.5 Å². The lowest BCUT2D eigenvalue weighted by molar-refractivity contribution is 0.304. The average Bonchev–Trinajstić information content (AvgIpc) is 3.13. The quantitative estimate of drug-likeness (QED) is 0.784. The Balaban J connectivity index is 1.81. The Morgan fingerprint density at radius 2 is 2.05 bits per heavy atom. The Hall–Kier alpha value is -2.40. The van der Waals surface area contributed by atoms with Gasteiger partial charge in [-0.1, -0.05) is 22.9 Å². The fraction of sp³-hybridized carbons (Fsp3) is 0.294. The fourth-order valence-corrected chi connectivity index (χ4v) is 2.61. The van der Waals surface area contributed by atoms with Crippen LogP contribution in [-0.4, -0.2) is 27.3 Å². The second kappa shape index (κ2) is 6.15. The second-order valence-electron chi connectivity index (χ2n) is 5.75. The predicted molar refractivity (Wildman–Crippen MR) is 85.2 cm³/mol. The van der Waals surface area contributed by atoms with Crippen LogP contribution in [0.25, 0.3) is 11.3 Å². The molecule has 2 heterocycles. The van der Waals surface area contributed by atoms with Crippen molar-refractivity contribution in [1.29, 1.82) is 0 Å². The molecule has 1 N–H and O–H groups in total. The molecule has 0 spiro atoms. The molecule has 0 amide bonds. The van der Waals surface area contributed by atoms with Gasteiger partial charge < -0.3 is 4.52 Å². The summed E-state index contributed by atoms with van der Waals surface area (Å²) in [6.07, 6.45) is 3.50. The molecule has 0 atom stereocenters. The van der Waals surface area contributed by atoms with Crippen LogP contribution in [0.5, 0.6) is 0 Å². The third-order valence-electron chi connectivity index (χ3n) is 3.74. The summed E-state index contributed by atoms with van der Waals surface area (Å²) in [6.45, 7) is 5.77. The molecule has 0 saturated carbocycles. The molecule has 3 aromatic rings. The summed E-state index contributed by atoms with van der Waals surface area (Å²) in [7, 11) is 2.06. The maximum atomic E-state index is 4.88. The van der Waals surface area contributed by atoms with Crippen molar-refractivity contribution in [2.75, 3.05) is 7.05 Å². The number of nitrogens with one attached hydrogen (secondary N) is 1. The highest BCUT2D eigenvalue weighted by Gasteiger charge is 2.13. The number of nitrogens with zero attached hydrogens (tertiary/aromatic N) is 3. The van der Waals surface area contributed by atoms with E-state index in [0.717, 1.165) is 24.5 Å². The number of H-pyrrole nitrogens is 1. The van der Waals surface area contributed by atoms with Gasteiger partial charge in [-0.15, -0.1) is 0 Å². The first-order valence-electron chi connectivity index (χ1n) is 7.31. The molecular weight excluding hydrogens is 276 g/mol. The van der Waals surface area contributed by atoms with E-state index in [9.17, 15) is 0 Å². The van der Waals surface area contributed by atoms with Crippen molar-refractivity contribution < 1.29 is 4.52 Å². The number of rotatable bonds is 5. The van der Waals surface area contributed by atoms with Crippen LogP contribution in [0, 0.1) is 13.8 Å². The van der Waals surface area contributed by atoms with E-state index in [1.54, 1.807) is 6.26 Å². The first-order chi connectivity index (χ1) is 10.6. The van der Waals surface area contributed by atoms with Crippen molar-refractivity contribution in [2.45, 2.75) is 26.9 Å². The van der Waals surface area contributed by atoms with Gasteiger partial charge in [-0.2, -0.15) is 5.10 Å². The summed E-state index contributed by atoms with van der Waals surface area (Å²) in [5.74, 6) is 0. The molecule has 0 saturated heterocycles. The van der Waals surface area contributed by atoms with E-state index in [1.807, 2.05) is 12.3 Å². The Morgan fingerprint density at radius 1 is 1.18 bits per heavy atom.